The van der Waals surface area contributed by atoms with Crippen LogP contribution in [0.3, 0.4) is 0 Å². The minimum Gasteiger partial charge on any atom is -0.394 e. The van der Waals surface area contributed by atoms with Crippen molar-refractivity contribution in [3.05, 3.63) is 0 Å². The number of hydrogen-bond donors (Lipinski definition) is 2. The molecular formula is C7H14O7S. The van der Waals surface area contributed by atoms with Crippen LogP contribution in [0.5, 0.6) is 0 Å². The molecule has 0 saturated carbocycles. The van der Waals surface area contributed by atoms with Gasteiger partial charge in [0.2, 0.25) is 0 Å². The molecule has 0 radical (unpaired) electrons. The Hall–Kier alpha value is -0.250. The first-order valence-corrected chi connectivity index (χ1v) is 6.06. The second-order valence-electron chi connectivity index (χ2n) is 3.22. The van der Waals surface area contributed by atoms with Crippen LogP contribution in [0.1, 0.15) is 0 Å². The molecule has 0 aliphatic carbocycles. The molecule has 1 fully saturated rings. The van der Waals surface area contributed by atoms with Crippen molar-refractivity contribution >= 4 is 10.1 Å². The van der Waals surface area contributed by atoms with Crippen LogP contribution in [0.15, 0.2) is 0 Å². The van der Waals surface area contributed by atoms with E-state index in [4.69, 9.17) is 14.6 Å². The summed E-state index contributed by atoms with van der Waals surface area (Å²) in [6.07, 6.45) is -3.44. The van der Waals surface area contributed by atoms with Gasteiger partial charge in [-0.25, -0.2) is 0 Å². The van der Waals surface area contributed by atoms with Gasteiger partial charge in [-0.2, -0.15) is 8.42 Å². The molecule has 0 spiro atoms. The number of aliphatic hydroxyl groups is 2. The van der Waals surface area contributed by atoms with E-state index in [1.54, 1.807) is 0 Å². The maximum atomic E-state index is 10.9. The lowest BCUT2D eigenvalue weighted by atomic mass is 10.1. The standard InChI is InChI=1S/C7H14O7S/c1-12-7-6(14-15(2,10)11)5(9)4(3-8)13-7/h4-9H,3H2,1-2H3. The molecule has 0 bridgehead atoms. The Morgan fingerprint density at radius 1 is 1.47 bits per heavy atom. The van der Waals surface area contributed by atoms with Crippen molar-refractivity contribution in [1.82, 2.24) is 0 Å². The van der Waals surface area contributed by atoms with Crippen molar-refractivity contribution in [3.63, 3.8) is 0 Å². The van der Waals surface area contributed by atoms with E-state index in [2.05, 4.69) is 4.18 Å². The van der Waals surface area contributed by atoms with E-state index in [1.807, 2.05) is 0 Å². The minimum atomic E-state index is -3.72. The zero-order valence-electron chi connectivity index (χ0n) is 8.36. The summed E-state index contributed by atoms with van der Waals surface area (Å²) < 4.78 is 36.2. The second kappa shape index (κ2) is 4.73. The van der Waals surface area contributed by atoms with Crippen LogP contribution in [0.25, 0.3) is 0 Å². The smallest absolute Gasteiger partial charge is 0.264 e. The lowest BCUT2D eigenvalue weighted by Crippen LogP contribution is -2.38. The van der Waals surface area contributed by atoms with Crippen LogP contribution < -0.4 is 0 Å². The third kappa shape index (κ3) is 3.10. The van der Waals surface area contributed by atoms with Crippen molar-refractivity contribution in [2.24, 2.45) is 0 Å². The highest BCUT2D eigenvalue weighted by molar-refractivity contribution is 7.86. The van der Waals surface area contributed by atoms with Crippen molar-refractivity contribution in [1.29, 1.82) is 0 Å². The summed E-state index contributed by atoms with van der Waals surface area (Å²) in [7, 11) is -2.43. The fourth-order valence-corrected chi connectivity index (χ4v) is 1.96. The largest absolute Gasteiger partial charge is 0.394 e. The first-order valence-electron chi connectivity index (χ1n) is 4.24. The Morgan fingerprint density at radius 2 is 2.07 bits per heavy atom. The summed E-state index contributed by atoms with van der Waals surface area (Å²) in [6, 6.07) is 0. The van der Waals surface area contributed by atoms with Gasteiger partial charge in [-0.05, 0) is 0 Å². The molecule has 0 aromatic carbocycles. The van der Waals surface area contributed by atoms with E-state index in [-0.39, 0.29) is 0 Å². The van der Waals surface area contributed by atoms with Crippen LogP contribution in [-0.4, -0.2) is 63.2 Å². The van der Waals surface area contributed by atoms with E-state index in [9.17, 15) is 13.5 Å². The van der Waals surface area contributed by atoms with Crippen LogP contribution in [0.2, 0.25) is 0 Å². The third-order valence-corrected chi connectivity index (χ3v) is 2.56. The number of rotatable bonds is 4. The lowest BCUT2D eigenvalue weighted by Gasteiger charge is -2.17. The SMILES string of the molecule is COC1OC(CO)C(O)C1OS(C)(=O)=O. The molecule has 0 aromatic rings. The third-order valence-electron chi connectivity index (χ3n) is 1.99. The Morgan fingerprint density at radius 3 is 2.47 bits per heavy atom. The van der Waals surface area contributed by atoms with E-state index < -0.39 is 41.3 Å². The molecule has 1 aliphatic rings. The predicted molar refractivity (Wildman–Crippen MR) is 48.5 cm³/mol. The molecule has 1 heterocycles. The van der Waals surface area contributed by atoms with Crippen molar-refractivity contribution in [2.75, 3.05) is 20.0 Å². The van der Waals surface area contributed by atoms with Gasteiger partial charge in [0.25, 0.3) is 10.1 Å². The van der Waals surface area contributed by atoms with E-state index in [0.717, 1.165) is 6.26 Å². The highest BCUT2D eigenvalue weighted by Gasteiger charge is 2.46. The summed E-state index contributed by atoms with van der Waals surface area (Å²) in [5, 5.41) is 18.4. The molecule has 1 saturated heterocycles. The quantitative estimate of drug-likeness (QED) is 0.553. The maximum Gasteiger partial charge on any atom is 0.264 e. The van der Waals surface area contributed by atoms with E-state index >= 15 is 0 Å². The maximum absolute atomic E-state index is 10.9. The van der Waals surface area contributed by atoms with Gasteiger partial charge in [-0.1, -0.05) is 0 Å². The van der Waals surface area contributed by atoms with Crippen molar-refractivity contribution in [2.45, 2.75) is 24.6 Å². The molecule has 1 rings (SSSR count). The Bertz CT molecular complexity index is 298. The molecular weight excluding hydrogens is 228 g/mol. The van der Waals surface area contributed by atoms with Crippen LogP contribution in [-0.2, 0) is 23.8 Å². The normalized spacial score (nSPS) is 37.1. The van der Waals surface area contributed by atoms with Crippen LogP contribution >= 0.6 is 0 Å². The second-order valence-corrected chi connectivity index (χ2v) is 4.82. The highest BCUT2D eigenvalue weighted by Crippen LogP contribution is 2.25. The van der Waals surface area contributed by atoms with E-state index in [0.29, 0.717) is 0 Å². The minimum absolute atomic E-state index is 0.440. The number of methoxy groups -OCH3 is 1. The monoisotopic (exact) mass is 242 g/mol. The fraction of sp³-hybridized carbons (Fsp3) is 1.00. The number of aliphatic hydroxyl groups excluding tert-OH is 2. The van der Waals surface area contributed by atoms with E-state index in [1.165, 1.54) is 7.11 Å². The Kier molecular flexibility index (Phi) is 4.04. The number of ether oxygens (including phenoxy) is 2. The Balaban J connectivity index is 2.76. The summed E-state index contributed by atoms with van der Waals surface area (Å²) in [5.74, 6) is 0. The molecule has 15 heavy (non-hydrogen) atoms. The zero-order chi connectivity index (χ0) is 11.6. The summed E-state index contributed by atoms with van der Waals surface area (Å²) in [6.45, 7) is -0.440. The summed E-state index contributed by atoms with van der Waals surface area (Å²) >= 11 is 0. The van der Waals surface area contributed by atoms with Gasteiger partial charge in [0.15, 0.2) is 12.4 Å². The summed E-state index contributed by atoms with van der Waals surface area (Å²) in [5.41, 5.74) is 0. The molecule has 0 aromatic heterocycles. The van der Waals surface area contributed by atoms with Crippen LogP contribution in [0, 0.1) is 0 Å². The van der Waals surface area contributed by atoms with Gasteiger partial charge in [-0.15, -0.1) is 0 Å². The molecule has 4 unspecified atom stereocenters. The first kappa shape index (κ1) is 12.8. The Labute approximate surface area is 87.7 Å². The fourth-order valence-electron chi connectivity index (χ4n) is 1.35. The summed E-state index contributed by atoms with van der Waals surface area (Å²) in [4.78, 5) is 0. The lowest BCUT2D eigenvalue weighted by molar-refractivity contribution is -0.147. The average molecular weight is 242 g/mol. The van der Waals surface area contributed by atoms with Crippen molar-refractivity contribution in [3.8, 4) is 0 Å². The molecule has 4 atom stereocenters. The highest BCUT2D eigenvalue weighted by atomic mass is 32.2. The topological polar surface area (TPSA) is 102 Å². The van der Waals surface area contributed by atoms with Gasteiger partial charge in [-0.3, -0.25) is 4.18 Å². The average Bonchev–Trinajstić information content (AvgIpc) is 2.42. The van der Waals surface area contributed by atoms with Crippen LogP contribution in [0.4, 0.5) is 0 Å². The molecule has 2 N–H and O–H groups in total. The molecule has 1 aliphatic heterocycles. The molecule has 8 heteroatoms. The van der Waals surface area contributed by atoms with Gasteiger partial charge >= 0.3 is 0 Å². The molecule has 90 valence electrons. The zero-order valence-corrected chi connectivity index (χ0v) is 9.18. The predicted octanol–water partition coefficient (Wildman–Crippen LogP) is -1.94. The van der Waals surface area contributed by atoms with Crippen molar-refractivity contribution < 1.29 is 32.3 Å². The van der Waals surface area contributed by atoms with Gasteiger partial charge in [0.05, 0.1) is 12.9 Å². The van der Waals surface area contributed by atoms with Gasteiger partial charge in [0, 0.05) is 7.11 Å². The van der Waals surface area contributed by atoms with Gasteiger partial charge in [0.1, 0.15) is 12.2 Å². The van der Waals surface area contributed by atoms with Gasteiger partial charge < -0.3 is 19.7 Å². The molecule has 7 nitrogen and oxygen atoms in total. The number of hydrogen-bond acceptors (Lipinski definition) is 7. The first-order chi connectivity index (χ1) is 6.89. The molecule has 0 amide bonds.